The zero-order valence-corrected chi connectivity index (χ0v) is 10.8. The van der Waals surface area contributed by atoms with Crippen molar-refractivity contribution in [2.75, 3.05) is 13.1 Å². The minimum atomic E-state index is -0.862. The van der Waals surface area contributed by atoms with Crippen molar-refractivity contribution in [3.63, 3.8) is 0 Å². The molecule has 1 aliphatic heterocycles. The highest BCUT2D eigenvalue weighted by atomic mass is 16.4. The van der Waals surface area contributed by atoms with Gasteiger partial charge >= 0.3 is 5.97 Å². The van der Waals surface area contributed by atoms with E-state index < -0.39 is 23.4 Å². The Bertz CT molecular complexity index is 349. The van der Waals surface area contributed by atoms with Crippen LogP contribution >= 0.6 is 0 Å². The van der Waals surface area contributed by atoms with E-state index in [1.54, 1.807) is 4.90 Å². The molecular formula is C13H21NO4. The van der Waals surface area contributed by atoms with Crippen molar-refractivity contribution in [1.82, 2.24) is 4.90 Å². The number of nitrogens with zero attached hydrogens (tertiary/aromatic N) is 1. The molecule has 1 saturated carbocycles. The number of β-amino-alcohol motifs (C(OH)–C–C–N with tert-alkyl or cyclic N) is 1. The second-order valence-corrected chi connectivity index (χ2v) is 5.61. The highest BCUT2D eigenvalue weighted by molar-refractivity contribution is 5.85. The first-order chi connectivity index (χ1) is 8.47. The summed E-state index contributed by atoms with van der Waals surface area (Å²) in [5.74, 6) is -1.88. The molecule has 1 aliphatic carbocycles. The maximum atomic E-state index is 12.3. The van der Waals surface area contributed by atoms with Crippen molar-refractivity contribution in [3.8, 4) is 0 Å². The van der Waals surface area contributed by atoms with E-state index in [9.17, 15) is 14.7 Å². The first-order valence-electron chi connectivity index (χ1n) is 6.71. The van der Waals surface area contributed by atoms with E-state index in [4.69, 9.17) is 5.11 Å². The number of aliphatic hydroxyl groups is 1. The van der Waals surface area contributed by atoms with Gasteiger partial charge in [0, 0.05) is 0 Å². The first-order valence-corrected chi connectivity index (χ1v) is 6.71. The second kappa shape index (κ2) is 4.88. The fourth-order valence-corrected chi connectivity index (χ4v) is 3.00. The minimum Gasteiger partial charge on any atom is -0.481 e. The Balaban J connectivity index is 1.98. The van der Waals surface area contributed by atoms with Crippen LogP contribution in [0.15, 0.2) is 0 Å². The summed E-state index contributed by atoms with van der Waals surface area (Å²) >= 11 is 0. The van der Waals surface area contributed by atoms with Crippen LogP contribution in [-0.2, 0) is 9.59 Å². The van der Waals surface area contributed by atoms with E-state index in [1.807, 2.05) is 6.92 Å². The number of carbonyl (C=O) groups is 2. The van der Waals surface area contributed by atoms with E-state index in [1.165, 1.54) is 0 Å². The molecule has 1 heterocycles. The SMILES string of the molecule is CCC1(O)CN(C(=O)[C@@H]2CCCC[C@@H]2C(=O)O)C1. The predicted octanol–water partition coefficient (Wildman–Crippen LogP) is 0.861. The van der Waals surface area contributed by atoms with Crippen LogP contribution in [0.2, 0.25) is 0 Å². The van der Waals surface area contributed by atoms with Crippen molar-refractivity contribution < 1.29 is 19.8 Å². The molecule has 2 rings (SSSR count). The van der Waals surface area contributed by atoms with Gasteiger partial charge in [-0.2, -0.15) is 0 Å². The average molecular weight is 255 g/mol. The summed E-state index contributed by atoms with van der Waals surface area (Å²) in [4.78, 5) is 25.0. The van der Waals surface area contributed by atoms with Crippen LogP contribution in [0.3, 0.4) is 0 Å². The van der Waals surface area contributed by atoms with Crippen LogP contribution in [0.5, 0.6) is 0 Å². The number of carbonyl (C=O) groups excluding carboxylic acids is 1. The topological polar surface area (TPSA) is 77.8 Å². The quantitative estimate of drug-likeness (QED) is 0.784. The molecule has 2 atom stereocenters. The molecule has 2 fully saturated rings. The third kappa shape index (κ3) is 2.36. The smallest absolute Gasteiger partial charge is 0.307 e. The van der Waals surface area contributed by atoms with Gasteiger partial charge in [-0.15, -0.1) is 0 Å². The summed E-state index contributed by atoms with van der Waals surface area (Å²) in [5, 5.41) is 19.1. The van der Waals surface area contributed by atoms with Crippen molar-refractivity contribution in [2.45, 2.75) is 44.6 Å². The molecule has 0 bridgehead atoms. The largest absolute Gasteiger partial charge is 0.481 e. The first kappa shape index (κ1) is 13.3. The third-order valence-corrected chi connectivity index (χ3v) is 4.34. The van der Waals surface area contributed by atoms with E-state index in [0.717, 1.165) is 12.8 Å². The number of aliphatic carboxylic acids is 1. The van der Waals surface area contributed by atoms with Gasteiger partial charge in [-0.1, -0.05) is 19.8 Å². The number of carboxylic acid groups (broad SMARTS) is 1. The minimum absolute atomic E-state index is 0.0831. The Hall–Kier alpha value is -1.10. The average Bonchev–Trinajstić information content (AvgIpc) is 2.34. The highest BCUT2D eigenvalue weighted by Crippen LogP contribution is 2.34. The molecule has 1 saturated heterocycles. The molecule has 2 N–H and O–H groups in total. The van der Waals surface area contributed by atoms with Gasteiger partial charge in [-0.25, -0.2) is 0 Å². The fourth-order valence-electron chi connectivity index (χ4n) is 3.00. The maximum absolute atomic E-state index is 12.3. The Morgan fingerprint density at radius 2 is 1.78 bits per heavy atom. The lowest BCUT2D eigenvalue weighted by Crippen LogP contribution is -2.64. The fraction of sp³-hybridized carbons (Fsp3) is 0.846. The van der Waals surface area contributed by atoms with Crippen molar-refractivity contribution in [3.05, 3.63) is 0 Å². The summed E-state index contributed by atoms with van der Waals surface area (Å²) in [5.41, 5.74) is -0.747. The van der Waals surface area contributed by atoms with Crippen LogP contribution in [0.25, 0.3) is 0 Å². The van der Waals surface area contributed by atoms with Gasteiger partial charge in [0.2, 0.25) is 5.91 Å². The molecular weight excluding hydrogens is 234 g/mol. The Morgan fingerprint density at radius 1 is 1.22 bits per heavy atom. The monoisotopic (exact) mass is 255 g/mol. The van der Waals surface area contributed by atoms with Gasteiger partial charge in [0.15, 0.2) is 0 Å². The number of likely N-dealkylation sites (tertiary alicyclic amines) is 1. The Labute approximate surface area is 107 Å². The van der Waals surface area contributed by atoms with Crippen molar-refractivity contribution in [2.24, 2.45) is 11.8 Å². The van der Waals surface area contributed by atoms with E-state index in [2.05, 4.69) is 0 Å². The van der Waals surface area contributed by atoms with Crippen LogP contribution in [0.4, 0.5) is 0 Å². The summed E-state index contributed by atoms with van der Waals surface area (Å²) in [7, 11) is 0. The molecule has 102 valence electrons. The summed E-state index contributed by atoms with van der Waals surface area (Å²) in [6.07, 6.45) is 3.70. The third-order valence-electron chi connectivity index (χ3n) is 4.34. The molecule has 2 aliphatic rings. The van der Waals surface area contributed by atoms with Crippen LogP contribution in [0.1, 0.15) is 39.0 Å². The molecule has 0 aromatic carbocycles. The molecule has 0 aromatic heterocycles. The zero-order chi connectivity index (χ0) is 13.3. The van der Waals surface area contributed by atoms with Gasteiger partial charge in [0.05, 0.1) is 30.5 Å². The van der Waals surface area contributed by atoms with Crippen molar-refractivity contribution in [1.29, 1.82) is 0 Å². The summed E-state index contributed by atoms with van der Waals surface area (Å²) in [6.45, 7) is 2.60. The molecule has 0 unspecified atom stereocenters. The van der Waals surface area contributed by atoms with Crippen molar-refractivity contribution >= 4 is 11.9 Å². The van der Waals surface area contributed by atoms with Crippen LogP contribution < -0.4 is 0 Å². The molecule has 0 spiro atoms. The number of amides is 1. The zero-order valence-electron chi connectivity index (χ0n) is 10.8. The number of rotatable bonds is 3. The molecule has 0 aromatic rings. The van der Waals surface area contributed by atoms with Crippen LogP contribution in [0, 0.1) is 11.8 Å². The number of carboxylic acids is 1. The molecule has 18 heavy (non-hydrogen) atoms. The van der Waals surface area contributed by atoms with E-state index in [0.29, 0.717) is 32.4 Å². The molecule has 1 amide bonds. The maximum Gasteiger partial charge on any atom is 0.307 e. The van der Waals surface area contributed by atoms with Gasteiger partial charge in [0.1, 0.15) is 0 Å². The summed E-state index contributed by atoms with van der Waals surface area (Å²) in [6, 6.07) is 0. The lowest BCUT2D eigenvalue weighted by atomic mass is 9.77. The molecule has 5 heteroatoms. The summed E-state index contributed by atoms with van der Waals surface area (Å²) < 4.78 is 0. The van der Waals surface area contributed by atoms with Gasteiger partial charge in [0.25, 0.3) is 0 Å². The van der Waals surface area contributed by atoms with E-state index in [-0.39, 0.29) is 5.91 Å². The van der Waals surface area contributed by atoms with Gasteiger partial charge in [-0.05, 0) is 19.3 Å². The highest BCUT2D eigenvalue weighted by Gasteiger charge is 2.46. The number of hydrogen-bond donors (Lipinski definition) is 2. The normalized spacial score (nSPS) is 30.7. The second-order valence-electron chi connectivity index (χ2n) is 5.61. The predicted molar refractivity (Wildman–Crippen MR) is 64.9 cm³/mol. The van der Waals surface area contributed by atoms with E-state index >= 15 is 0 Å². The lowest BCUT2D eigenvalue weighted by molar-refractivity contribution is -0.166. The Morgan fingerprint density at radius 3 is 2.28 bits per heavy atom. The molecule has 0 radical (unpaired) electrons. The van der Waals surface area contributed by atoms with Gasteiger partial charge in [-0.3, -0.25) is 9.59 Å². The lowest BCUT2D eigenvalue weighted by Gasteiger charge is -2.48. The number of hydrogen-bond acceptors (Lipinski definition) is 3. The van der Waals surface area contributed by atoms with Crippen LogP contribution in [-0.4, -0.2) is 45.7 Å². The standard InChI is InChI=1S/C13H21NO4/c1-2-13(18)7-14(8-13)11(15)9-5-3-4-6-10(9)12(16)17/h9-10,18H,2-8H2,1H3,(H,16,17)/t9-,10+/m1/s1. The van der Waals surface area contributed by atoms with Gasteiger partial charge < -0.3 is 15.1 Å². The Kier molecular flexibility index (Phi) is 3.61. The molecule has 5 nitrogen and oxygen atoms in total.